The normalized spacial score (nSPS) is 10.0. The van der Waals surface area contributed by atoms with Crippen molar-refractivity contribution in [2.45, 2.75) is 6.92 Å². The predicted octanol–water partition coefficient (Wildman–Crippen LogP) is 2.85. The molecule has 3 N–H and O–H groups in total. The van der Waals surface area contributed by atoms with Gasteiger partial charge in [0.2, 0.25) is 0 Å². The minimum atomic E-state index is -0.203. The summed E-state index contributed by atoms with van der Waals surface area (Å²) < 4.78 is 10.4. The number of carbonyl (C=O) groups is 1. The minimum Gasteiger partial charge on any atom is -0.493 e. The molecule has 0 radical (unpaired) electrons. The van der Waals surface area contributed by atoms with Gasteiger partial charge in [-0.2, -0.15) is 0 Å². The average Bonchev–Trinajstić information content (AvgIpc) is 2.49. The number of rotatable bonds is 4. The first-order valence-corrected chi connectivity index (χ1v) is 6.44. The molecule has 0 fully saturated rings. The lowest BCUT2D eigenvalue weighted by molar-refractivity contribution is 0.102. The molecule has 1 amide bonds. The Kier molecular flexibility index (Phi) is 4.33. The van der Waals surface area contributed by atoms with E-state index in [0.29, 0.717) is 28.4 Å². The third kappa shape index (κ3) is 3.25. The first-order chi connectivity index (χ1) is 10.0. The molecule has 0 saturated heterocycles. The number of hydrogen-bond acceptors (Lipinski definition) is 4. The van der Waals surface area contributed by atoms with Crippen molar-refractivity contribution in [3.63, 3.8) is 0 Å². The number of nitrogen functional groups attached to an aromatic ring is 1. The fraction of sp³-hybridized carbons (Fsp3) is 0.188. The van der Waals surface area contributed by atoms with Crippen molar-refractivity contribution in [2.75, 3.05) is 25.3 Å². The van der Waals surface area contributed by atoms with Gasteiger partial charge in [-0.15, -0.1) is 0 Å². The molecule has 0 aliphatic rings. The van der Waals surface area contributed by atoms with Crippen molar-refractivity contribution < 1.29 is 14.3 Å². The SMILES string of the molecule is COc1ccc(NC(=O)c2ccc(N)c(C)c2)cc1OC. The first-order valence-electron chi connectivity index (χ1n) is 6.44. The van der Waals surface area contributed by atoms with Gasteiger partial charge in [-0.25, -0.2) is 0 Å². The van der Waals surface area contributed by atoms with Crippen molar-refractivity contribution in [1.82, 2.24) is 0 Å². The number of carbonyl (C=O) groups excluding carboxylic acids is 1. The number of nitrogens with one attached hydrogen (secondary N) is 1. The molecule has 5 heteroatoms. The van der Waals surface area contributed by atoms with Gasteiger partial charge in [0, 0.05) is 23.0 Å². The number of nitrogens with two attached hydrogens (primary N) is 1. The van der Waals surface area contributed by atoms with E-state index >= 15 is 0 Å². The molecule has 0 saturated carbocycles. The van der Waals surface area contributed by atoms with Crippen LogP contribution in [0.25, 0.3) is 0 Å². The Bertz CT molecular complexity index is 669. The van der Waals surface area contributed by atoms with E-state index in [-0.39, 0.29) is 5.91 Å². The molecule has 2 aromatic carbocycles. The van der Waals surface area contributed by atoms with Gasteiger partial charge in [0.05, 0.1) is 14.2 Å². The maximum Gasteiger partial charge on any atom is 0.255 e. The van der Waals surface area contributed by atoms with Crippen LogP contribution in [0.3, 0.4) is 0 Å². The summed E-state index contributed by atoms with van der Waals surface area (Å²) in [6, 6.07) is 10.4. The van der Waals surface area contributed by atoms with Crippen LogP contribution in [-0.2, 0) is 0 Å². The van der Waals surface area contributed by atoms with Gasteiger partial charge in [0.15, 0.2) is 11.5 Å². The van der Waals surface area contributed by atoms with Gasteiger partial charge in [0.1, 0.15) is 0 Å². The summed E-state index contributed by atoms with van der Waals surface area (Å²) in [7, 11) is 3.11. The fourth-order valence-corrected chi connectivity index (χ4v) is 1.93. The van der Waals surface area contributed by atoms with Crippen LogP contribution in [0.15, 0.2) is 36.4 Å². The Morgan fingerprint density at radius 3 is 2.38 bits per heavy atom. The number of aryl methyl sites for hydroxylation is 1. The maximum absolute atomic E-state index is 12.2. The number of hydrogen-bond donors (Lipinski definition) is 2. The minimum absolute atomic E-state index is 0.203. The second-order valence-electron chi connectivity index (χ2n) is 4.60. The lowest BCUT2D eigenvalue weighted by Crippen LogP contribution is -2.12. The fourth-order valence-electron chi connectivity index (χ4n) is 1.93. The Labute approximate surface area is 123 Å². The van der Waals surface area contributed by atoms with Crippen LogP contribution in [-0.4, -0.2) is 20.1 Å². The molecule has 2 rings (SSSR count). The van der Waals surface area contributed by atoms with Crippen LogP contribution < -0.4 is 20.5 Å². The second kappa shape index (κ2) is 6.17. The summed E-state index contributed by atoms with van der Waals surface area (Å²) in [4.78, 5) is 12.2. The predicted molar refractivity (Wildman–Crippen MR) is 83.1 cm³/mol. The Morgan fingerprint density at radius 2 is 1.76 bits per heavy atom. The first kappa shape index (κ1) is 14.7. The summed E-state index contributed by atoms with van der Waals surface area (Å²) in [5.41, 5.74) is 8.47. The van der Waals surface area contributed by atoms with Crippen LogP contribution in [0.1, 0.15) is 15.9 Å². The van der Waals surface area contributed by atoms with E-state index in [0.717, 1.165) is 5.56 Å². The van der Waals surface area contributed by atoms with Gasteiger partial charge < -0.3 is 20.5 Å². The molecule has 0 spiro atoms. The van der Waals surface area contributed by atoms with Crippen molar-refractivity contribution >= 4 is 17.3 Å². The monoisotopic (exact) mass is 286 g/mol. The molecule has 0 atom stereocenters. The molecule has 0 bridgehead atoms. The highest BCUT2D eigenvalue weighted by atomic mass is 16.5. The lowest BCUT2D eigenvalue weighted by atomic mass is 10.1. The summed E-state index contributed by atoms with van der Waals surface area (Å²) in [5.74, 6) is 0.966. The van der Waals surface area contributed by atoms with E-state index in [4.69, 9.17) is 15.2 Å². The standard InChI is InChI=1S/C16H18N2O3/c1-10-8-11(4-6-13(10)17)16(19)18-12-5-7-14(20-2)15(9-12)21-3/h4-9H,17H2,1-3H3,(H,18,19). The van der Waals surface area contributed by atoms with Gasteiger partial charge in [-0.1, -0.05) is 0 Å². The van der Waals surface area contributed by atoms with E-state index in [1.54, 1.807) is 50.6 Å². The topological polar surface area (TPSA) is 73.6 Å². The number of ether oxygens (including phenoxy) is 2. The van der Waals surface area contributed by atoms with E-state index in [9.17, 15) is 4.79 Å². The molecule has 0 unspecified atom stereocenters. The Balaban J connectivity index is 2.21. The molecule has 0 heterocycles. The maximum atomic E-state index is 12.2. The summed E-state index contributed by atoms with van der Waals surface area (Å²) in [6.45, 7) is 1.86. The van der Waals surface area contributed by atoms with E-state index in [1.807, 2.05) is 6.92 Å². The van der Waals surface area contributed by atoms with Crippen LogP contribution in [0.2, 0.25) is 0 Å². The second-order valence-corrected chi connectivity index (χ2v) is 4.60. The molecule has 21 heavy (non-hydrogen) atoms. The van der Waals surface area contributed by atoms with Crippen LogP contribution in [0.5, 0.6) is 11.5 Å². The molecule has 0 aromatic heterocycles. The molecule has 0 aliphatic heterocycles. The smallest absolute Gasteiger partial charge is 0.255 e. The van der Waals surface area contributed by atoms with Gasteiger partial charge in [-0.05, 0) is 42.8 Å². The van der Waals surface area contributed by atoms with E-state index in [1.165, 1.54) is 0 Å². The van der Waals surface area contributed by atoms with E-state index in [2.05, 4.69) is 5.32 Å². The zero-order valence-electron chi connectivity index (χ0n) is 12.3. The lowest BCUT2D eigenvalue weighted by Gasteiger charge is -2.11. The molecular weight excluding hydrogens is 268 g/mol. The molecule has 5 nitrogen and oxygen atoms in total. The Morgan fingerprint density at radius 1 is 1.05 bits per heavy atom. The highest BCUT2D eigenvalue weighted by molar-refractivity contribution is 6.04. The quantitative estimate of drug-likeness (QED) is 0.848. The van der Waals surface area contributed by atoms with Gasteiger partial charge in [0.25, 0.3) is 5.91 Å². The van der Waals surface area contributed by atoms with Crippen LogP contribution in [0.4, 0.5) is 11.4 Å². The molecular formula is C16H18N2O3. The summed E-state index contributed by atoms with van der Waals surface area (Å²) in [5, 5.41) is 2.82. The van der Waals surface area contributed by atoms with Crippen molar-refractivity contribution in [3.05, 3.63) is 47.5 Å². The van der Waals surface area contributed by atoms with E-state index < -0.39 is 0 Å². The van der Waals surface area contributed by atoms with Crippen molar-refractivity contribution in [3.8, 4) is 11.5 Å². The van der Waals surface area contributed by atoms with Crippen LogP contribution >= 0.6 is 0 Å². The van der Waals surface area contributed by atoms with Crippen molar-refractivity contribution in [2.24, 2.45) is 0 Å². The summed E-state index contributed by atoms with van der Waals surface area (Å²) >= 11 is 0. The van der Waals surface area contributed by atoms with Gasteiger partial charge in [-0.3, -0.25) is 4.79 Å². The largest absolute Gasteiger partial charge is 0.493 e. The molecule has 0 aliphatic carbocycles. The number of anilines is 2. The third-order valence-corrected chi connectivity index (χ3v) is 3.17. The number of benzene rings is 2. The number of methoxy groups -OCH3 is 2. The third-order valence-electron chi connectivity index (χ3n) is 3.17. The van der Waals surface area contributed by atoms with Crippen molar-refractivity contribution in [1.29, 1.82) is 0 Å². The van der Waals surface area contributed by atoms with Crippen LogP contribution in [0, 0.1) is 6.92 Å². The molecule has 2 aromatic rings. The molecule has 110 valence electrons. The zero-order chi connectivity index (χ0) is 15.4. The summed E-state index contributed by atoms with van der Waals surface area (Å²) in [6.07, 6.45) is 0. The highest BCUT2D eigenvalue weighted by Gasteiger charge is 2.10. The highest BCUT2D eigenvalue weighted by Crippen LogP contribution is 2.30. The average molecular weight is 286 g/mol. The zero-order valence-corrected chi connectivity index (χ0v) is 12.3. The van der Waals surface area contributed by atoms with Gasteiger partial charge >= 0.3 is 0 Å². The number of amides is 1. The Hall–Kier alpha value is -2.69.